The summed E-state index contributed by atoms with van der Waals surface area (Å²) in [5.41, 5.74) is 5.70. The highest BCUT2D eigenvalue weighted by molar-refractivity contribution is 4.68. The van der Waals surface area contributed by atoms with Crippen LogP contribution in [0, 0.1) is 5.92 Å². The quantitative estimate of drug-likeness (QED) is 0.701. The second-order valence-electron chi connectivity index (χ2n) is 4.05. The first kappa shape index (κ1) is 10.0. The maximum Gasteiger partial charge on any atom is 0.0695 e. The lowest BCUT2D eigenvalue weighted by Crippen LogP contribution is -2.32. The molecule has 12 heavy (non-hydrogen) atoms. The van der Waals surface area contributed by atoms with Gasteiger partial charge in [0.15, 0.2) is 0 Å². The molecule has 1 aliphatic carbocycles. The zero-order valence-corrected chi connectivity index (χ0v) is 8.25. The molecule has 2 heteroatoms. The highest BCUT2D eigenvalue weighted by Gasteiger charge is 2.17. The fourth-order valence-corrected chi connectivity index (χ4v) is 1.62. The predicted molar refractivity (Wildman–Crippen MR) is 51.0 cm³/mol. The maximum atomic E-state index is 5.70. The van der Waals surface area contributed by atoms with Gasteiger partial charge in [-0.3, -0.25) is 0 Å². The van der Waals surface area contributed by atoms with E-state index in [9.17, 15) is 0 Å². The van der Waals surface area contributed by atoms with Crippen molar-refractivity contribution in [1.29, 1.82) is 0 Å². The molecule has 72 valence electrons. The Labute approximate surface area is 75.5 Å². The lowest BCUT2D eigenvalue weighted by atomic mass is 10.1. The van der Waals surface area contributed by atoms with Crippen molar-refractivity contribution in [3.05, 3.63) is 0 Å². The van der Waals surface area contributed by atoms with Gasteiger partial charge in [-0.05, 0) is 32.6 Å². The minimum absolute atomic E-state index is 0.159. The van der Waals surface area contributed by atoms with Gasteiger partial charge in [0.1, 0.15) is 0 Å². The first-order valence-corrected chi connectivity index (χ1v) is 5.07. The molecule has 0 bridgehead atoms. The second-order valence-corrected chi connectivity index (χ2v) is 4.05. The van der Waals surface area contributed by atoms with Crippen LogP contribution in [0.25, 0.3) is 0 Å². The van der Waals surface area contributed by atoms with Gasteiger partial charge in [0.05, 0.1) is 6.10 Å². The van der Waals surface area contributed by atoms with Gasteiger partial charge in [-0.25, -0.2) is 0 Å². The summed E-state index contributed by atoms with van der Waals surface area (Å²) in [5.74, 6) is 0.811. The van der Waals surface area contributed by atoms with Crippen LogP contribution < -0.4 is 5.73 Å². The summed E-state index contributed by atoms with van der Waals surface area (Å²) < 4.78 is 5.66. The minimum atomic E-state index is 0.159. The van der Waals surface area contributed by atoms with Crippen molar-refractivity contribution < 1.29 is 4.74 Å². The molecule has 1 saturated carbocycles. The van der Waals surface area contributed by atoms with Crippen molar-refractivity contribution in [2.75, 3.05) is 6.61 Å². The van der Waals surface area contributed by atoms with Gasteiger partial charge in [0.25, 0.3) is 0 Å². The van der Waals surface area contributed by atoms with Crippen LogP contribution in [0.4, 0.5) is 0 Å². The lowest BCUT2D eigenvalue weighted by molar-refractivity contribution is 0.0297. The molecule has 0 heterocycles. The summed E-state index contributed by atoms with van der Waals surface area (Å²) in [4.78, 5) is 0. The molecule has 1 fully saturated rings. The zero-order valence-electron chi connectivity index (χ0n) is 8.25. The van der Waals surface area contributed by atoms with Crippen molar-refractivity contribution in [3.63, 3.8) is 0 Å². The predicted octanol–water partition coefficient (Wildman–Crippen LogP) is 1.93. The van der Waals surface area contributed by atoms with Gasteiger partial charge in [-0.15, -0.1) is 0 Å². The van der Waals surface area contributed by atoms with E-state index >= 15 is 0 Å². The van der Waals surface area contributed by atoms with Crippen LogP contribution in [0.2, 0.25) is 0 Å². The van der Waals surface area contributed by atoms with E-state index in [1.165, 1.54) is 25.7 Å². The molecule has 2 unspecified atom stereocenters. The minimum Gasteiger partial charge on any atom is -0.377 e. The highest BCUT2D eigenvalue weighted by atomic mass is 16.5. The van der Waals surface area contributed by atoms with Crippen LogP contribution in [0.1, 0.15) is 39.5 Å². The van der Waals surface area contributed by atoms with Crippen molar-refractivity contribution in [1.82, 2.24) is 0 Å². The molecule has 0 amide bonds. The van der Waals surface area contributed by atoms with E-state index in [1.807, 2.05) is 6.92 Å². The molecule has 0 aromatic heterocycles. The largest absolute Gasteiger partial charge is 0.377 e. The molecular formula is C10H21NO. The molecular weight excluding hydrogens is 150 g/mol. The molecule has 2 nitrogen and oxygen atoms in total. The van der Waals surface area contributed by atoms with Gasteiger partial charge in [0.2, 0.25) is 0 Å². The fourth-order valence-electron chi connectivity index (χ4n) is 1.62. The smallest absolute Gasteiger partial charge is 0.0695 e. The Morgan fingerprint density at radius 3 is 2.42 bits per heavy atom. The van der Waals surface area contributed by atoms with Crippen LogP contribution in [-0.2, 0) is 4.74 Å². The first-order valence-electron chi connectivity index (χ1n) is 5.07. The number of hydrogen-bond donors (Lipinski definition) is 1. The fraction of sp³-hybridized carbons (Fsp3) is 1.00. The van der Waals surface area contributed by atoms with E-state index in [-0.39, 0.29) is 12.1 Å². The Morgan fingerprint density at radius 1 is 1.33 bits per heavy atom. The average Bonchev–Trinajstić information content (AvgIpc) is 2.51. The Morgan fingerprint density at radius 2 is 1.92 bits per heavy atom. The van der Waals surface area contributed by atoms with E-state index in [2.05, 4.69) is 6.92 Å². The third-order valence-electron chi connectivity index (χ3n) is 2.81. The molecule has 0 aliphatic heterocycles. The van der Waals surface area contributed by atoms with Gasteiger partial charge in [-0.2, -0.15) is 0 Å². The molecule has 0 aromatic carbocycles. The molecule has 2 atom stereocenters. The summed E-state index contributed by atoms with van der Waals surface area (Å²) in [7, 11) is 0. The third kappa shape index (κ3) is 3.11. The summed E-state index contributed by atoms with van der Waals surface area (Å²) >= 11 is 0. The molecule has 0 saturated heterocycles. The van der Waals surface area contributed by atoms with Crippen LogP contribution in [0.15, 0.2) is 0 Å². The van der Waals surface area contributed by atoms with Crippen molar-refractivity contribution in [3.8, 4) is 0 Å². The van der Waals surface area contributed by atoms with E-state index in [0.717, 1.165) is 12.5 Å². The van der Waals surface area contributed by atoms with Crippen molar-refractivity contribution in [2.24, 2.45) is 11.7 Å². The van der Waals surface area contributed by atoms with Crippen LogP contribution in [-0.4, -0.2) is 18.8 Å². The first-order chi connectivity index (χ1) is 5.70. The third-order valence-corrected chi connectivity index (χ3v) is 2.81. The van der Waals surface area contributed by atoms with E-state index < -0.39 is 0 Å². The molecule has 0 aromatic rings. The van der Waals surface area contributed by atoms with Gasteiger partial charge in [0, 0.05) is 12.6 Å². The van der Waals surface area contributed by atoms with Crippen LogP contribution in [0.3, 0.4) is 0 Å². The summed E-state index contributed by atoms with van der Waals surface area (Å²) in [6.45, 7) is 4.97. The Balaban J connectivity index is 2.07. The molecule has 1 aliphatic rings. The van der Waals surface area contributed by atoms with Crippen molar-refractivity contribution >= 4 is 0 Å². The lowest BCUT2D eigenvalue weighted by Gasteiger charge is -2.18. The molecule has 0 radical (unpaired) electrons. The van der Waals surface area contributed by atoms with E-state index in [4.69, 9.17) is 10.5 Å². The standard InChI is InChI=1S/C10H21NO/c1-8(11)9(2)12-7-10-5-3-4-6-10/h8-10H,3-7,11H2,1-2H3. The molecule has 2 N–H and O–H groups in total. The Kier molecular flexibility index (Phi) is 4.02. The normalized spacial score (nSPS) is 24.2. The van der Waals surface area contributed by atoms with E-state index in [1.54, 1.807) is 0 Å². The number of ether oxygens (including phenoxy) is 1. The summed E-state index contributed by atoms with van der Waals surface area (Å²) in [5, 5.41) is 0. The van der Waals surface area contributed by atoms with Gasteiger partial charge in [-0.1, -0.05) is 12.8 Å². The second kappa shape index (κ2) is 4.83. The SMILES string of the molecule is CC(N)C(C)OCC1CCCC1. The average molecular weight is 171 g/mol. The Hall–Kier alpha value is -0.0800. The highest BCUT2D eigenvalue weighted by Crippen LogP contribution is 2.25. The molecule has 1 rings (SSSR count). The van der Waals surface area contributed by atoms with Crippen molar-refractivity contribution in [2.45, 2.75) is 51.7 Å². The van der Waals surface area contributed by atoms with Crippen LogP contribution in [0.5, 0.6) is 0 Å². The van der Waals surface area contributed by atoms with Crippen LogP contribution >= 0.6 is 0 Å². The summed E-state index contributed by atoms with van der Waals surface area (Å²) in [6, 6.07) is 0.159. The van der Waals surface area contributed by atoms with E-state index in [0.29, 0.717) is 0 Å². The number of hydrogen-bond acceptors (Lipinski definition) is 2. The monoisotopic (exact) mass is 171 g/mol. The number of nitrogens with two attached hydrogens (primary N) is 1. The molecule has 0 spiro atoms. The number of rotatable bonds is 4. The van der Waals surface area contributed by atoms with Gasteiger partial charge < -0.3 is 10.5 Å². The zero-order chi connectivity index (χ0) is 8.97. The maximum absolute atomic E-state index is 5.70. The Bertz CT molecular complexity index is 117. The van der Waals surface area contributed by atoms with Gasteiger partial charge >= 0.3 is 0 Å². The summed E-state index contributed by atoms with van der Waals surface area (Å²) in [6.07, 6.45) is 5.70. The topological polar surface area (TPSA) is 35.2 Å².